The van der Waals surface area contributed by atoms with Gasteiger partial charge in [0, 0.05) is 17.5 Å². The Morgan fingerprint density at radius 1 is 1.18 bits per heavy atom. The number of nitrogens with one attached hydrogen (secondary N) is 2. The Morgan fingerprint density at radius 2 is 1.94 bits per heavy atom. The molecule has 170 valence electrons. The number of hydrogen-bond donors (Lipinski definition) is 4. The minimum atomic E-state index is -1.03. The lowest BCUT2D eigenvalue weighted by molar-refractivity contribution is -0.138. The number of benzene rings is 2. The molecule has 0 aliphatic carbocycles. The van der Waals surface area contributed by atoms with Gasteiger partial charge in [0.15, 0.2) is 5.76 Å². The van der Waals surface area contributed by atoms with Gasteiger partial charge in [0.25, 0.3) is 5.91 Å². The fourth-order valence-electron chi connectivity index (χ4n) is 4.12. The smallest absolute Gasteiger partial charge is 0.305 e. The van der Waals surface area contributed by atoms with E-state index >= 15 is 0 Å². The zero-order valence-corrected chi connectivity index (χ0v) is 17.8. The van der Waals surface area contributed by atoms with Crippen molar-refractivity contribution in [1.82, 2.24) is 10.2 Å². The van der Waals surface area contributed by atoms with E-state index in [1.165, 1.54) is 4.90 Å². The lowest BCUT2D eigenvalue weighted by Crippen LogP contribution is -2.47. The fourth-order valence-corrected chi connectivity index (χ4v) is 4.12. The van der Waals surface area contributed by atoms with Gasteiger partial charge in [-0.05, 0) is 42.7 Å². The van der Waals surface area contributed by atoms with Gasteiger partial charge >= 0.3 is 5.97 Å². The number of furan rings is 1. The third kappa shape index (κ3) is 4.72. The first kappa shape index (κ1) is 22.1. The highest BCUT2D eigenvalue weighted by Gasteiger charge is 2.37. The summed E-state index contributed by atoms with van der Waals surface area (Å²) in [7, 11) is 0. The number of carbonyl (C=O) groups is 3. The molecule has 2 heterocycles. The Balaban J connectivity index is 1.53. The van der Waals surface area contributed by atoms with E-state index in [1.807, 2.05) is 6.07 Å². The third-order valence-electron chi connectivity index (χ3n) is 5.75. The Labute approximate surface area is 189 Å². The van der Waals surface area contributed by atoms with E-state index in [0.29, 0.717) is 41.5 Å². The van der Waals surface area contributed by atoms with Crippen LogP contribution < -0.4 is 11.1 Å². The number of hydrogen-bond acceptors (Lipinski definition) is 5. The Bertz CT molecular complexity index is 1220. The molecule has 0 saturated carbocycles. The SMILES string of the molecule is N=C(N)c1ccc2oc(C(=O)N3CCC[C@@H]3C(=O)NC(CC(=O)O)c3ccccc3)cc2c1. The largest absolute Gasteiger partial charge is 0.481 e. The maximum Gasteiger partial charge on any atom is 0.305 e. The van der Waals surface area contributed by atoms with Crippen molar-refractivity contribution in [2.24, 2.45) is 5.73 Å². The van der Waals surface area contributed by atoms with Crippen LogP contribution in [0.15, 0.2) is 59.0 Å². The molecule has 0 radical (unpaired) electrons. The summed E-state index contributed by atoms with van der Waals surface area (Å²) in [6.45, 7) is 0.390. The molecule has 0 bridgehead atoms. The van der Waals surface area contributed by atoms with E-state index in [9.17, 15) is 19.5 Å². The lowest BCUT2D eigenvalue weighted by atomic mass is 10.0. The second-order valence-corrected chi connectivity index (χ2v) is 8.00. The van der Waals surface area contributed by atoms with Gasteiger partial charge in [-0.25, -0.2) is 0 Å². The van der Waals surface area contributed by atoms with Gasteiger partial charge in [0.05, 0.1) is 12.5 Å². The molecular formula is C24H24N4O5. The summed E-state index contributed by atoms with van der Waals surface area (Å²) in [4.78, 5) is 39.1. The van der Waals surface area contributed by atoms with E-state index in [2.05, 4.69) is 5.32 Å². The van der Waals surface area contributed by atoms with E-state index in [4.69, 9.17) is 15.6 Å². The molecule has 9 nitrogen and oxygen atoms in total. The number of amides is 2. The standard InChI is InChI=1S/C24H24N4O5/c25-22(26)15-8-9-19-16(11-15)12-20(33-19)24(32)28-10-4-7-18(28)23(31)27-17(13-21(29)30)14-5-2-1-3-6-14/h1-3,5-6,8-9,11-12,17-18H,4,7,10,13H2,(H3,25,26)(H,27,31)(H,29,30)/t17?,18-/m1/s1. The number of nitrogen functional groups attached to an aromatic ring is 1. The highest BCUT2D eigenvalue weighted by atomic mass is 16.4. The summed E-state index contributed by atoms with van der Waals surface area (Å²) in [5, 5.41) is 20.3. The Morgan fingerprint density at radius 3 is 2.64 bits per heavy atom. The van der Waals surface area contributed by atoms with Crippen molar-refractivity contribution in [3.63, 3.8) is 0 Å². The van der Waals surface area contributed by atoms with Gasteiger partial charge in [-0.15, -0.1) is 0 Å². The minimum absolute atomic E-state index is 0.0865. The van der Waals surface area contributed by atoms with Crippen molar-refractivity contribution in [3.05, 3.63) is 71.5 Å². The van der Waals surface area contributed by atoms with Gasteiger partial charge in [-0.3, -0.25) is 19.8 Å². The van der Waals surface area contributed by atoms with Crippen LogP contribution in [0.4, 0.5) is 0 Å². The van der Waals surface area contributed by atoms with E-state index in [-0.39, 0.29) is 18.0 Å². The second kappa shape index (κ2) is 9.15. The molecule has 1 aliphatic rings. The molecule has 2 aromatic carbocycles. The molecule has 3 aromatic rings. The molecule has 1 saturated heterocycles. The number of carboxylic acid groups (broad SMARTS) is 1. The number of carboxylic acids is 1. The van der Waals surface area contributed by atoms with Gasteiger partial charge in [0.2, 0.25) is 5.91 Å². The average Bonchev–Trinajstić information content (AvgIpc) is 3.45. The number of amidine groups is 1. The molecular weight excluding hydrogens is 424 g/mol. The molecule has 33 heavy (non-hydrogen) atoms. The van der Waals surface area contributed by atoms with Crippen molar-refractivity contribution < 1.29 is 23.9 Å². The fraction of sp³-hybridized carbons (Fsp3) is 0.250. The molecule has 1 aliphatic heterocycles. The predicted molar refractivity (Wildman–Crippen MR) is 121 cm³/mol. The van der Waals surface area contributed by atoms with Crippen LogP contribution in [0.3, 0.4) is 0 Å². The van der Waals surface area contributed by atoms with Crippen LogP contribution in [0.5, 0.6) is 0 Å². The first-order valence-electron chi connectivity index (χ1n) is 10.6. The van der Waals surface area contributed by atoms with Gasteiger partial charge in [-0.1, -0.05) is 30.3 Å². The first-order chi connectivity index (χ1) is 15.8. The summed E-state index contributed by atoms with van der Waals surface area (Å²) in [5.74, 6) is -1.84. The van der Waals surface area contributed by atoms with Gasteiger partial charge < -0.3 is 25.5 Å². The quantitative estimate of drug-likeness (QED) is 0.322. The van der Waals surface area contributed by atoms with Crippen molar-refractivity contribution in [2.45, 2.75) is 31.3 Å². The van der Waals surface area contributed by atoms with E-state index < -0.39 is 29.9 Å². The molecule has 2 atom stereocenters. The summed E-state index contributed by atoms with van der Waals surface area (Å²) in [5.41, 5.74) is 7.21. The normalized spacial score (nSPS) is 16.5. The summed E-state index contributed by atoms with van der Waals surface area (Å²) in [6.07, 6.45) is 0.854. The van der Waals surface area contributed by atoms with Gasteiger partial charge in [0.1, 0.15) is 17.5 Å². The van der Waals surface area contributed by atoms with Crippen molar-refractivity contribution in [3.8, 4) is 0 Å². The van der Waals surface area contributed by atoms with Crippen LogP contribution in [-0.2, 0) is 9.59 Å². The van der Waals surface area contributed by atoms with Crippen LogP contribution in [0.2, 0.25) is 0 Å². The number of aliphatic carboxylic acids is 1. The Kier molecular flexibility index (Phi) is 6.12. The predicted octanol–water partition coefficient (Wildman–Crippen LogP) is 2.65. The number of nitrogens with zero attached hydrogens (tertiary/aromatic N) is 1. The van der Waals surface area contributed by atoms with E-state index in [1.54, 1.807) is 48.5 Å². The van der Waals surface area contributed by atoms with Gasteiger partial charge in [-0.2, -0.15) is 0 Å². The number of likely N-dealkylation sites (tertiary alicyclic amines) is 1. The summed E-state index contributed by atoms with van der Waals surface area (Å²) < 4.78 is 5.70. The second-order valence-electron chi connectivity index (χ2n) is 8.00. The molecule has 1 fully saturated rings. The van der Waals surface area contributed by atoms with Crippen LogP contribution in [-0.4, -0.2) is 46.2 Å². The maximum absolute atomic E-state index is 13.2. The average molecular weight is 448 g/mol. The zero-order valence-electron chi connectivity index (χ0n) is 17.8. The molecule has 0 spiro atoms. The van der Waals surface area contributed by atoms with Crippen LogP contribution in [0.25, 0.3) is 11.0 Å². The lowest BCUT2D eigenvalue weighted by Gasteiger charge is -2.25. The van der Waals surface area contributed by atoms with Crippen LogP contribution in [0, 0.1) is 5.41 Å². The van der Waals surface area contributed by atoms with Crippen LogP contribution >= 0.6 is 0 Å². The zero-order chi connectivity index (χ0) is 23.5. The van der Waals surface area contributed by atoms with Crippen LogP contribution in [0.1, 0.15) is 47.0 Å². The Hall–Kier alpha value is -4.14. The number of fused-ring (bicyclic) bond motifs is 1. The molecule has 9 heteroatoms. The van der Waals surface area contributed by atoms with Crippen molar-refractivity contribution >= 4 is 34.6 Å². The van der Waals surface area contributed by atoms with Crippen molar-refractivity contribution in [1.29, 1.82) is 5.41 Å². The number of rotatable bonds is 7. The first-order valence-corrected chi connectivity index (χ1v) is 10.6. The summed E-state index contributed by atoms with van der Waals surface area (Å²) in [6, 6.07) is 14.0. The van der Waals surface area contributed by atoms with Crippen molar-refractivity contribution in [2.75, 3.05) is 6.54 Å². The number of nitrogens with two attached hydrogens (primary N) is 1. The molecule has 4 rings (SSSR count). The number of carbonyl (C=O) groups excluding carboxylic acids is 2. The topological polar surface area (TPSA) is 150 Å². The molecule has 1 aromatic heterocycles. The monoisotopic (exact) mass is 448 g/mol. The highest BCUT2D eigenvalue weighted by Crippen LogP contribution is 2.26. The molecule has 5 N–H and O–H groups in total. The minimum Gasteiger partial charge on any atom is -0.481 e. The summed E-state index contributed by atoms with van der Waals surface area (Å²) >= 11 is 0. The molecule has 1 unspecified atom stereocenters. The third-order valence-corrected chi connectivity index (χ3v) is 5.75. The maximum atomic E-state index is 13.2. The highest BCUT2D eigenvalue weighted by molar-refractivity contribution is 6.02. The molecule has 2 amide bonds. The van der Waals surface area contributed by atoms with E-state index in [0.717, 1.165) is 0 Å².